The number of hydrogen-bond donors (Lipinski definition) is 1. The summed E-state index contributed by atoms with van der Waals surface area (Å²) in [6, 6.07) is 1.31. The van der Waals surface area contributed by atoms with Crippen molar-refractivity contribution < 1.29 is 4.42 Å². The zero-order valence-electron chi connectivity index (χ0n) is 8.60. The Morgan fingerprint density at radius 1 is 1.64 bits per heavy atom. The maximum absolute atomic E-state index is 5.45. The first-order valence-corrected chi connectivity index (χ1v) is 4.76. The molecule has 2 rings (SSSR count). The van der Waals surface area contributed by atoms with Crippen molar-refractivity contribution in [1.82, 2.24) is 9.88 Å². The molecule has 0 spiro atoms. The lowest BCUT2D eigenvalue weighted by molar-refractivity contribution is 0.238. The van der Waals surface area contributed by atoms with E-state index < -0.39 is 0 Å². The first-order valence-electron chi connectivity index (χ1n) is 4.76. The van der Waals surface area contributed by atoms with Crippen molar-refractivity contribution in [3.8, 4) is 0 Å². The highest BCUT2D eigenvalue weighted by Crippen LogP contribution is 2.21. The Bertz CT molecular complexity index is 304. The van der Waals surface area contributed by atoms with E-state index in [1.54, 1.807) is 6.26 Å². The van der Waals surface area contributed by atoms with E-state index in [2.05, 4.69) is 28.9 Å². The van der Waals surface area contributed by atoms with Crippen molar-refractivity contribution >= 4 is 6.01 Å². The molecule has 1 aliphatic rings. The van der Waals surface area contributed by atoms with Crippen LogP contribution < -0.4 is 10.6 Å². The largest absolute Gasteiger partial charge is 0.432 e. The number of rotatable bonds is 3. The van der Waals surface area contributed by atoms with Crippen LogP contribution >= 0.6 is 0 Å². The van der Waals surface area contributed by atoms with Crippen molar-refractivity contribution in [2.75, 3.05) is 32.1 Å². The van der Waals surface area contributed by atoms with E-state index in [9.17, 15) is 0 Å². The molecule has 0 radical (unpaired) electrons. The van der Waals surface area contributed by atoms with Gasteiger partial charge in [0.1, 0.15) is 6.26 Å². The second kappa shape index (κ2) is 3.59. The number of nitrogens with zero attached hydrogens (tertiary/aromatic N) is 3. The van der Waals surface area contributed by atoms with Gasteiger partial charge in [0.2, 0.25) is 0 Å². The Morgan fingerprint density at radius 3 is 2.86 bits per heavy atom. The van der Waals surface area contributed by atoms with Gasteiger partial charge < -0.3 is 20.0 Å². The van der Waals surface area contributed by atoms with Gasteiger partial charge in [-0.15, -0.1) is 0 Å². The summed E-state index contributed by atoms with van der Waals surface area (Å²) in [5.74, 6) is 0. The molecular weight excluding hydrogens is 180 g/mol. The van der Waals surface area contributed by atoms with Gasteiger partial charge in [-0.3, -0.25) is 0 Å². The molecule has 0 aliphatic carbocycles. The number of aromatic nitrogens is 1. The summed E-state index contributed by atoms with van der Waals surface area (Å²) in [4.78, 5) is 8.59. The molecule has 1 saturated heterocycles. The zero-order valence-corrected chi connectivity index (χ0v) is 8.60. The van der Waals surface area contributed by atoms with Crippen molar-refractivity contribution in [3.63, 3.8) is 0 Å². The number of anilines is 1. The van der Waals surface area contributed by atoms with Gasteiger partial charge in [-0.2, -0.15) is 4.98 Å². The highest BCUT2D eigenvalue weighted by molar-refractivity contribution is 5.32. The molecule has 1 aromatic heterocycles. The first-order chi connectivity index (χ1) is 6.70. The molecule has 1 aliphatic heterocycles. The number of nitrogens with two attached hydrogens (primary N) is 1. The summed E-state index contributed by atoms with van der Waals surface area (Å²) in [7, 11) is 4.17. The Labute approximate surface area is 83.5 Å². The molecule has 0 saturated carbocycles. The second-order valence-corrected chi connectivity index (χ2v) is 3.85. The van der Waals surface area contributed by atoms with Gasteiger partial charge in [0, 0.05) is 25.7 Å². The van der Waals surface area contributed by atoms with Gasteiger partial charge in [-0.1, -0.05) is 0 Å². The molecule has 2 N–H and O–H groups in total. The molecule has 1 fully saturated rings. The van der Waals surface area contributed by atoms with Crippen LogP contribution in [0.15, 0.2) is 10.7 Å². The maximum atomic E-state index is 5.45. The molecule has 1 aromatic rings. The van der Waals surface area contributed by atoms with Crippen LogP contribution in [0.4, 0.5) is 6.01 Å². The molecule has 0 atom stereocenters. The Balaban J connectivity index is 1.93. The minimum absolute atomic E-state index is 0.439. The second-order valence-electron chi connectivity index (χ2n) is 3.85. The first kappa shape index (κ1) is 9.48. The topological polar surface area (TPSA) is 58.5 Å². The summed E-state index contributed by atoms with van der Waals surface area (Å²) in [6.07, 6.45) is 1.62. The quantitative estimate of drug-likeness (QED) is 0.730. The molecule has 2 heterocycles. The Kier molecular flexibility index (Phi) is 2.43. The normalized spacial score (nSPS) is 17.6. The minimum atomic E-state index is 0.439. The van der Waals surface area contributed by atoms with E-state index in [0.717, 1.165) is 18.8 Å². The monoisotopic (exact) mass is 196 g/mol. The van der Waals surface area contributed by atoms with E-state index in [0.29, 0.717) is 18.6 Å². The Morgan fingerprint density at radius 2 is 2.36 bits per heavy atom. The average molecular weight is 196 g/mol. The molecule has 0 amide bonds. The van der Waals surface area contributed by atoms with Gasteiger partial charge in [-0.05, 0) is 14.1 Å². The smallest absolute Gasteiger partial charge is 0.297 e. The van der Waals surface area contributed by atoms with Crippen LogP contribution in [0.25, 0.3) is 0 Å². The summed E-state index contributed by atoms with van der Waals surface area (Å²) in [6.45, 7) is 2.41. The van der Waals surface area contributed by atoms with Crippen LogP contribution in [0.5, 0.6) is 0 Å². The molecule has 14 heavy (non-hydrogen) atoms. The fourth-order valence-electron chi connectivity index (χ4n) is 1.47. The fourth-order valence-corrected chi connectivity index (χ4v) is 1.47. The summed E-state index contributed by atoms with van der Waals surface area (Å²) in [5, 5.41) is 0. The summed E-state index contributed by atoms with van der Waals surface area (Å²) in [5.41, 5.74) is 6.26. The van der Waals surface area contributed by atoms with Crippen molar-refractivity contribution in [2.24, 2.45) is 5.73 Å². The van der Waals surface area contributed by atoms with Crippen LogP contribution in [0.1, 0.15) is 5.69 Å². The van der Waals surface area contributed by atoms with E-state index >= 15 is 0 Å². The minimum Gasteiger partial charge on any atom is -0.432 e. The van der Waals surface area contributed by atoms with E-state index in [1.165, 1.54) is 0 Å². The molecule has 78 valence electrons. The molecule has 5 heteroatoms. The SMILES string of the molecule is CN(C)C1CN(c2nc(CN)co2)C1. The summed E-state index contributed by atoms with van der Waals surface area (Å²) < 4.78 is 5.30. The maximum Gasteiger partial charge on any atom is 0.297 e. The fraction of sp³-hybridized carbons (Fsp3) is 0.667. The predicted octanol–water partition coefficient (Wildman–Crippen LogP) is -0.117. The third-order valence-electron chi connectivity index (χ3n) is 2.61. The number of oxazole rings is 1. The molecule has 0 aromatic carbocycles. The summed E-state index contributed by atoms with van der Waals surface area (Å²) >= 11 is 0. The van der Waals surface area contributed by atoms with Crippen LogP contribution in [-0.2, 0) is 6.54 Å². The molecular formula is C9H16N4O. The lowest BCUT2D eigenvalue weighted by atomic mass is 10.1. The van der Waals surface area contributed by atoms with Crippen molar-refractivity contribution in [3.05, 3.63) is 12.0 Å². The van der Waals surface area contributed by atoms with E-state index in [1.807, 2.05) is 0 Å². The highest BCUT2D eigenvalue weighted by Gasteiger charge is 2.31. The molecule has 5 nitrogen and oxygen atoms in total. The van der Waals surface area contributed by atoms with Gasteiger partial charge in [0.25, 0.3) is 6.01 Å². The van der Waals surface area contributed by atoms with Crippen LogP contribution in [0.2, 0.25) is 0 Å². The predicted molar refractivity (Wildman–Crippen MR) is 54.1 cm³/mol. The Hall–Kier alpha value is -1.07. The average Bonchev–Trinajstić information content (AvgIpc) is 2.49. The zero-order chi connectivity index (χ0) is 10.1. The van der Waals surface area contributed by atoms with Gasteiger partial charge >= 0.3 is 0 Å². The lowest BCUT2D eigenvalue weighted by Gasteiger charge is -2.41. The lowest BCUT2D eigenvalue weighted by Crippen LogP contribution is -2.57. The van der Waals surface area contributed by atoms with Gasteiger partial charge in [0.15, 0.2) is 0 Å². The van der Waals surface area contributed by atoms with E-state index in [4.69, 9.17) is 10.2 Å². The van der Waals surface area contributed by atoms with Crippen LogP contribution in [0.3, 0.4) is 0 Å². The standard InChI is InChI=1S/C9H16N4O/c1-12(2)8-4-13(5-8)9-11-7(3-10)6-14-9/h6,8H,3-5,10H2,1-2H3. The van der Waals surface area contributed by atoms with Gasteiger partial charge in [-0.25, -0.2) is 0 Å². The van der Waals surface area contributed by atoms with Crippen molar-refractivity contribution in [1.29, 1.82) is 0 Å². The number of hydrogen-bond acceptors (Lipinski definition) is 5. The van der Waals surface area contributed by atoms with Crippen LogP contribution in [0, 0.1) is 0 Å². The van der Waals surface area contributed by atoms with E-state index in [-0.39, 0.29) is 0 Å². The van der Waals surface area contributed by atoms with Crippen LogP contribution in [-0.4, -0.2) is 43.1 Å². The number of likely N-dealkylation sites (N-methyl/N-ethyl adjacent to an activating group) is 1. The third-order valence-corrected chi connectivity index (χ3v) is 2.61. The molecule has 0 unspecified atom stereocenters. The van der Waals surface area contributed by atoms with Gasteiger partial charge in [0.05, 0.1) is 5.69 Å². The van der Waals surface area contributed by atoms with Crippen molar-refractivity contribution in [2.45, 2.75) is 12.6 Å². The molecule has 0 bridgehead atoms. The third kappa shape index (κ3) is 1.60. The highest BCUT2D eigenvalue weighted by atomic mass is 16.4.